The number of unbranched alkanes of at least 4 members (excludes halogenated alkanes) is 1. The summed E-state index contributed by atoms with van der Waals surface area (Å²) >= 11 is 6.26. The van der Waals surface area contributed by atoms with E-state index >= 15 is 0 Å². The standard InChI is InChI=1S/C30H34ClFN2O3/c1-4-5-15-33-30(36)27(18-23-11-7-6-8-12-23)34(19-24-13-9-10-14-26(24)32)28(35)20-37-25-16-21(2)29(31)22(3)17-25/h6-14,16-17,27H,4-5,15,18-20H2,1-3H3,(H,33,36)/t27-/m0/s1. The van der Waals surface area contributed by atoms with E-state index in [1.54, 1.807) is 30.3 Å². The maximum atomic E-state index is 14.6. The summed E-state index contributed by atoms with van der Waals surface area (Å²) in [5, 5.41) is 3.60. The van der Waals surface area contributed by atoms with Crippen LogP contribution in [0.2, 0.25) is 5.02 Å². The summed E-state index contributed by atoms with van der Waals surface area (Å²) in [5.74, 6) is -0.624. The molecule has 0 spiro atoms. The third-order valence-electron chi connectivity index (χ3n) is 6.17. The summed E-state index contributed by atoms with van der Waals surface area (Å²) in [5.41, 5.74) is 2.90. The number of hydrogen-bond acceptors (Lipinski definition) is 3. The maximum absolute atomic E-state index is 14.6. The molecule has 3 aromatic rings. The first-order valence-electron chi connectivity index (χ1n) is 12.5. The van der Waals surface area contributed by atoms with E-state index in [2.05, 4.69) is 5.32 Å². The lowest BCUT2D eigenvalue weighted by molar-refractivity contribution is -0.142. The first-order chi connectivity index (χ1) is 17.8. The molecule has 37 heavy (non-hydrogen) atoms. The number of hydrogen-bond donors (Lipinski definition) is 1. The van der Waals surface area contributed by atoms with E-state index < -0.39 is 17.8 Å². The number of halogens is 2. The Morgan fingerprint density at radius 3 is 2.32 bits per heavy atom. The van der Waals surface area contributed by atoms with Crippen LogP contribution in [0.25, 0.3) is 0 Å². The molecule has 0 heterocycles. The van der Waals surface area contributed by atoms with Gasteiger partial charge in [-0.05, 0) is 55.2 Å². The number of rotatable bonds is 12. The maximum Gasteiger partial charge on any atom is 0.261 e. The Kier molecular flexibility index (Phi) is 10.5. The van der Waals surface area contributed by atoms with Gasteiger partial charge in [0.1, 0.15) is 17.6 Å². The lowest BCUT2D eigenvalue weighted by atomic mass is 10.0. The number of amides is 2. The van der Waals surface area contributed by atoms with Crippen molar-refractivity contribution < 1.29 is 18.7 Å². The van der Waals surface area contributed by atoms with Gasteiger partial charge in [-0.15, -0.1) is 0 Å². The van der Waals surface area contributed by atoms with Crippen LogP contribution in [0.15, 0.2) is 66.7 Å². The molecule has 0 saturated carbocycles. The molecule has 0 bridgehead atoms. The fourth-order valence-corrected chi connectivity index (χ4v) is 4.20. The van der Waals surface area contributed by atoms with Crippen LogP contribution in [0.3, 0.4) is 0 Å². The van der Waals surface area contributed by atoms with E-state index in [4.69, 9.17) is 16.3 Å². The molecule has 3 rings (SSSR count). The van der Waals surface area contributed by atoms with Gasteiger partial charge in [0.2, 0.25) is 5.91 Å². The molecule has 0 saturated heterocycles. The highest BCUT2D eigenvalue weighted by Gasteiger charge is 2.31. The fourth-order valence-electron chi connectivity index (χ4n) is 4.09. The molecule has 1 N–H and O–H groups in total. The zero-order chi connectivity index (χ0) is 26.8. The minimum atomic E-state index is -0.844. The Hall–Kier alpha value is -3.38. The van der Waals surface area contributed by atoms with Crippen LogP contribution in [0, 0.1) is 19.7 Å². The van der Waals surface area contributed by atoms with Gasteiger partial charge in [0.15, 0.2) is 6.61 Å². The molecule has 0 aromatic heterocycles. The zero-order valence-corrected chi connectivity index (χ0v) is 22.4. The lowest BCUT2D eigenvalue weighted by Gasteiger charge is -2.31. The molecule has 0 fully saturated rings. The van der Waals surface area contributed by atoms with E-state index in [1.165, 1.54) is 11.0 Å². The smallest absolute Gasteiger partial charge is 0.261 e. The largest absolute Gasteiger partial charge is 0.484 e. The predicted molar refractivity (Wildman–Crippen MR) is 145 cm³/mol. The predicted octanol–water partition coefficient (Wildman–Crippen LogP) is 6.03. The Morgan fingerprint density at radius 2 is 1.68 bits per heavy atom. The third-order valence-corrected chi connectivity index (χ3v) is 6.77. The van der Waals surface area contributed by atoms with Gasteiger partial charge in [-0.1, -0.05) is 73.5 Å². The Balaban J connectivity index is 1.91. The van der Waals surface area contributed by atoms with Crippen molar-refractivity contribution >= 4 is 23.4 Å². The van der Waals surface area contributed by atoms with Crippen molar-refractivity contribution in [2.24, 2.45) is 0 Å². The molecular formula is C30H34ClFN2O3. The summed E-state index contributed by atoms with van der Waals surface area (Å²) in [6, 6.07) is 18.5. The number of nitrogens with zero attached hydrogens (tertiary/aromatic N) is 1. The van der Waals surface area contributed by atoms with Crippen LogP contribution in [-0.2, 0) is 22.6 Å². The molecule has 0 radical (unpaired) electrons. The fraction of sp³-hybridized carbons (Fsp3) is 0.333. The molecule has 0 aliphatic rings. The van der Waals surface area contributed by atoms with Gasteiger partial charge in [-0.2, -0.15) is 0 Å². The van der Waals surface area contributed by atoms with E-state index in [-0.39, 0.29) is 25.5 Å². The molecule has 196 valence electrons. The van der Waals surface area contributed by atoms with Gasteiger partial charge in [0.05, 0.1) is 0 Å². The molecule has 0 aliphatic carbocycles. The first-order valence-corrected chi connectivity index (χ1v) is 12.9. The first kappa shape index (κ1) is 28.2. The highest BCUT2D eigenvalue weighted by molar-refractivity contribution is 6.32. The van der Waals surface area contributed by atoms with Crippen molar-refractivity contribution in [3.63, 3.8) is 0 Å². The van der Waals surface area contributed by atoms with Gasteiger partial charge in [0.25, 0.3) is 5.91 Å². The summed E-state index contributed by atoms with van der Waals surface area (Å²) < 4.78 is 20.5. The van der Waals surface area contributed by atoms with Crippen molar-refractivity contribution in [2.75, 3.05) is 13.2 Å². The average molecular weight is 525 g/mol. The van der Waals surface area contributed by atoms with E-state index in [0.717, 1.165) is 29.5 Å². The topological polar surface area (TPSA) is 58.6 Å². The number of ether oxygens (including phenoxy) is 1. The van der Waals surface area contributed by atoms with E-state index in [9.17, 15) is 14.0 Å². The van der Waals surface area contributed by atoms with Crippen LogP contribution in [-0.4, -0.2) is 35.9 Å². The summed E-state index contributed by atoms with van der Waals surface area (Å²) in [6.07, 6.45) is 2.04. The van der Waals surface area contributed by atoms with Crippen molar-refractivity contribution in [3.8, 4) is 5.75 Å². The zero-order valence-electron chi connectivity index (χ0n) is 21.6. The number of benzene rings is 3. The third kappa shape index (κ3) is 8.05. The Labute approximate surface area is 223 Å². The van der Waals surface area contributed by atoms with E-state index in [1.807, 2.05) is 51.1 Å². The second-order valence-electron chi connectivity index (χ2n) is 9.12. The van der Waals surface area contributed by atoms with Crippen LogP contribution in [0.5, 0.6) is 5.75 Å². The highest BCUT2D eigenvalue weighted by Crippen LogP contribution is 2.26. The minimum Gasteiger partial charge on any atom is -0.484 e. The molecule has 3 aromatic carbocycles. The second kappa shape index (κ2) is 13.8. The summed E-state index contributed by atoms with van der Waals surface area (Å²) in [6.45, 7) is 5.91. The van der Waals surface area contributed by atoms with Crippen molar-refractivity contribution in [1.82, 2.24) is 10.2 Å². The summed E-state index contributed by atoms with van der Waals surface area (Å²) in [7, 11) is 0. The van der Waals surface area contributed by atoms with Gasteiger partial charge < -0.3 is 15.0 Å². The van der Waals surface area contributed by atoms with E-state index in [0.29, 0.717) is 22.9 Å². The van der Waals surface area contributed by atoms with Crippen molar-refractivity contribution in [3.05, 3.63) is 99.8 Å². The molecule has 5 nitrogen and oxygen atoms in total. The van der Waals surface area contributed by atoms with Crippen LogP contribution in [0.4, 0.5) is 4.39 Å². The molecule has 0 aliphatic heterocycles. The highest BCUT2D eigenvalue weighted by atomic mass is 35.5. The van der Waals surface area contributed by atoms with Gasteiger partial charge in [0, 0.05) is 30.1 Å². The van der Waals surface area contributed by atoms with Crippen LogP contribution >= 0.6 is 11.6 Å². The van der Waals surface area contributed by atoms with Gasteiger partial charge in [-0.25, -0.2) is 4.39 Å². The van der Waals surface area contributed by atoms with Gasteiger partial charge in [-0.3, -0.25) is 9.59 Å². The molecule has 1 atom stereocenters. The van der Waals surface area contributed by atoms with Crippen molar-refractivity contribution in [1.29, 1.82) is 0 Å². The molecule has 0 unspecified atom stereocenters. The normalized spacial score (nSPS) is 11.6. The minimum absolute atomic E-state index is 0.0633. The summed E-state index contributed by atoms with van der Waals surface area (Å²) in [4.78, 5) is 28.4. The van der Waals surface area contributed by atoms with Gasteiger partial charge >= 0.3 is 0 Å². The molecular weight excluding hydrogens is 491 g/mol. The number of aryl methyl sites for hydroxylation is 2. The Bertz CT molecular complexity index is 1180. The monoisotopic (exact) mass is 524 g/mol. The average Bonchev–Trinajstić information content (AvgIpc) is 2.89. The Morgan fingerprint density at radius 1 is 1.03 bits per heavy atom. The lowest BCUT2D eigenvalue weighted by Crippen LogP contribution is -2.52. The van der Waals surface area contributed by atoms with Crippen LogP contribution in [0.1, 0.15) is 42.0 Å². The van der Waals surface area contributed by atoms with Crippen LogP contribution < -0.4 is 10.1 Å². The quantitative estimate of drug-likeness (QED) is 0.294. The number of carbonyl (C=O) groups is 2. The number of carbonyl (C=O) groups excluding carboxylic acids is 2. The van der Waals surface area contributed by atoms with Crippen molar-refractivity contribution in [2.45, 2.75) is 52.6 Å². The molecule has 7 heteroatoms. The molecule has 2 amide bonds. The number of nitrogens with one attached hydrogen (secondary N) is 1. The SMILES string of the molecule is CCCCNC(=O)[C@H](Cc1ccccc1)N(Cc1ccccc1F)C(=O)COc1cc(C)c(Cl)c(C)c1. The second-order valence-corrected chi connectivity index (χ2v) is 9.50.